The third-order valence-corrected chi connectivity index (χ3v) is 5.99. The summed E-state index contributed by atoms with van der Waals surface area (Å²) >= 11 is 0. The fraction of sp³-hybridized carbons (Fsp3) is 0.556. The van der Waals surface area contributed by atoms with Crippen LogP contribution < -0.4 is 9.47 Å². The number of hydrogen-bond donors (Lipinski definition) is 0. The van der Waals surface area contributed by atoms with Crippen molar-refractivity contribution < 1.29 is 18.9 Å². The minimum atomic E-state index is -0.113. The van der Waals surface area contributed by atoms with Crippen molar-refractivity contribution in [3.63, 3.8) is 0 Å². The lowest BCUT2D eigenvalue weighted by molar-refractivity contribution is 0.0510. The number of ether oxygens (including phenoxy) is 4. The van der Waals surface area contributed by atoms with Gasteiger partial charge in [-0.1, -0.05) is 12.2 Å². The normalized spacial score (nSPS) is 39.2. The first-order valence-corrected chi connectivity index (χ1v) is 8.18. The van der Waals surface area contributed by atoms with Crippen molar-refractivity contribution >= 4 is 0 Å². The lowest BCUT2D eigenvalue weighted by Gasteiger charge is -2.46. The number of methoxy groups -OCH3 is 2. The van der Waals surface area contributed by atoms with E-state index in [0.717, 1.165) is 31.0 Å². The summed E-state index contributed by atoms with van der Waals surface area (Å²) in [6, 6.07) is 4.74. The van der Waals surface area contributed by atoms with Gasteiger partial charge in [-0.3, -0.25) is 4.90 Å². The third-order valence-electron chi connectivity index (χ3n) is 5.99. The lowest BCUT2D eigenvalue weighted by atomic mass is 9.65. The molecule has 2 bridgehead atoms. The highest BCUT2D eigenvalue weighted by atomic mass is 16.7. The highest BCUT2D eigenvalue weighted by Gasteiger charge is 2.59. The molecule has 0 N–H and O–H groups in total. The first-order valence-electron chi connectivity index (χ1n) is 8.18. The maximum Gasteiger partial charge on any atom is 0.231 e. The molecule has 1 aromatic carbocycles. The molecule has 122 valence electrons. The van der Waals surface area contributed by atoms with Crippen molar-refractivity contribution in [1.82, 2.24) is 4.90 Å². The van der Waals surface area contributed by atoms with E-state index in [0.29, 0.717) is 12.8 Å². The van der Waals surface area contributed by atoms with E-state index < -0.39 is 0 Å². The van der Waals surface area contributed by atoms with Gasteiger partial charge in [-0.25, -0.2) is 0 Å². The summed E-state index contributed by atoms with van der Waals surface area (Å²) in [6.07, 6.45) is 5.86. The van der Waals surface area contributed by atoms with Crippen LogP contribution in [0.4, 0.5) is 0 Å². The molecule has 0 amide bonds. The highest BCUT2D eigenvalue weighted by Crippen LogP contribution is 2.54. The van der Waals surface area contributed by atoms with Crippen LogP contribution in [0.1, 0.15) is 17.5 Å². The van der Waals surface area contributed by atoms with Crippen molar-refractivity contribution in [1.29, 1.82) is 0 Å². The number of fused-ring (bicyclic) bond motifs is 2. The standard InChI is InChI=1S/C18H21NO4/c1-20-12-3-4-18-13-7-15-14(22-10-23-15)5-11(13)8-19(16(18)6-12)9-17(18)21-2/h3-5,7,12,16-17H,6,8-10H2,1-2H3/t12-,16-,17-,18-/m0/s1. The van der Waals surface area contributed by atoms with Crippen molar-refractivity contribution in [2.24, 2.45) is 0 Å². The van der Waals surface area contributed by atoms with Crippen LogP contribution in [0.2, 0.25) is 0 Å². The van der Waals surface area contributed by atoms with E-state index in [9.17, 15) is 0 Å². The Morgan fingerprint density at radius 2 is 2.00 bits per heavy atom. The van der Waals surface area contributed by atoms with Crippen molar-refractivity contribution in [2.45, 2.75) is 36.6 Å². The van der Waals surface area contributed by atoms with Crippen LogP contribution in [0, 0.1) is 0 Å². The Hall–Kier alpha value is -1.56. The van der Waals surface area contributed by atoms with E-state index in [4.69, 9.17) is 18.9 Å². The smallest absolute Gasteiger partial charge is 0.231 e. The van der Waals surface area contributed by atoms with Crippen LogP contribution in [0.15, 0.2) is 24.3 Å². The molecule has 5 rings (SSSR count). The summed E-state index contributed by atoms with van der Waals surface area (Å²) in [5.41, 5.74) is 2.54. The predicted molar refractivity (Wildman–Crippen MR) is 83.8 cm³/mol. The molecular weight excluding hydrogens is 294 g/mol. The van der Waals surface area contributed by atoms with Gasteiger partial charge in [-0.15, -0.1) is 0 Å². The van der Waals surface area contributed by atoms with E-state index in [1.54, 1.807) is 7.11 Å². The van der Waals surface area contributed by atoms with Crippen LogP contribution in [-0.4, -0.2) is 50.7 Å². The van der Waals surface area contributed by atoms with Gasteiger partial charge in [-0.2, -0.15) is 0 Å². The molecule has 1 unspecified atom stereocenters. The van der Waals surface area contributed by atoms with Gasteiger partial charge in [0.25, 0.3) is 0 Å². The van der Waals surface area contributed by atoms with Crippen LogP contribution >= 0.6 is 0 Å². The molecule has 0 radical (unpaired) electrons. The van der Waals surface area contributed by atoms with Crippen molar-refractivity contribution in [2.75, 3.05) is 27.6 Å². The van der Waals surface area contributed by atoms with Crippen LogP contribution in [0.25, 0.3) is 0 Å². The summed E-state index contributed by atoms with van der Waals surface area (Å²) < 4.78 is 22.7. The summed E-state index contributed by atoms with van der Waals surface area (Å²) in [7, 11) is 3.61. The zero-order valence-corrected chi connectivity index (χ0v) is 13.5. The van der Waals surface area contributed by atoms with Crippen molar-refractivity contribution in [3.05, 3.63) is 35.4 Å². The Bertz CT molecular complexity index is 688. The Kier molecular flexibility index (Phi) is 2.84. The van der Waals surface area contributed by atoms with Crippen LogP contribution in [0.3, 0.4) is 0 Å². The molecule has 3 aliphatic heterocycles. The van der Waals surface area contributed by atoms with Gasteiger partial charge in [0.2, 0.25) is 6.79 Å². The Balaban J connectivity index is 1.72. The molecule has 0 saturated carbocycles. The number of rotatable bonds is 2. The van der Waals surface area contributed by atoms with Crippen molar-refractivity contribution in [3.8, 4) is 11.5 Å². The van der Waals surface area contributed by atoms with E-state index in [-0.39, 0.29) is 17.6 Å². The van der Waals surface area contributed by atoms with Crippen LogP contribution in [-0.2, 0) is 21.4 Å². The van der Waals surface area contributed by atoms with E-state index in [2.05, 4.69) is 29.2 Å². The fourth-order valence-electron chi connectivity index (χ4n) is 4.93. The second-order valence-electron chi connectivity index (χ2n) is 6.83. The summed E-state index contributed by atoms with van der Waals surface area (Å²) in [4.78, 5) is 2.54. The second-order valence-corrected chi connectivity index (χ2v) is 6.83. The SMILES string of the molecule is CO[C@H]1CN2Cc3cc4c(cc3[C@]13C=C[C@H](OC)C[C@H]23)OCO4. The quantitative estimate of drug-likeness (QED) is 0.779. The first-order chi connectivity index (χ1) is 11.3. The van der Waals surface area contributed by atoms with E-state index >= 15 is 0 Å². The minimum Gasteiger partial charge on any atom is -0.454 e. The second kappa shape index (κ2) is 4.72. The molecule has 1 aromatic rings. The summed E-state index contributed by atoms with van der Waals surface area (Å²) in [5.74, 6) is 1.72. The average Bonchev–Trinajstić information content (AvgIpc) is 3.13. The van der Waals surface area contributed by atoms with Gasteiger partial charge in [0.05, 0.1) is 17.6 Å². The fourth-order valence-corrected chi connectivity index (χ4v) is 4.93. The molecule has 0 aromatic heterocycles. The molecule has 1 saturated heterocycles. The maximum absolute atomic E-state index is 5.92. The molecule has 5 atom stereocenters. The highest BCUT2D eigenvalue weighted by molar-refractivity contribution is 5.56. The number of nitrogens with zero attached hydrogens (tertiary/aromatic N) is 1. The largest absolute Gasteiger partial charge is 0.454 e. The number of benzene rings is 1. The molecule has 5 heteroatoms. The Labute approximate surface area is 135 Å². The topological polar surface area (TPSA) is 40.2 Å². The molecule has 0 spiro atoms. The zero-order valence-electron chi connectivity index (χ0n) is 13.5. The third kappa shape index (κ3) is 1.67. The molecular formula is C18H21NO4. The first kappa shape index (κ1) is 13.8. The molecule has 4 aliphatic rings. The average molecular weight is 315 g/mol. The molecule has 1 fully saturated rings. The molecule has 3 heterocycles. The van der Waals surface area contributed by atoms with Gasteiger partial charge in [0.1, 0.15) is 0 Å². The molecule has 1 aliphatic carbocycles. The van der Waals surface area contributed by atoms with E-state index in [1.165, 1.54) is 11.1 Å². The minimum absolute atomic E-state index is 0.113. The van der Waals surface area contributed by atoms with E-state index in [1.807, 2.05) is 7.11 Å². The number of hydrogen-bond acceptors (Lipinski definition) is 5. The van der Waals surface area contributed by atoms with Gasteiger partial charge in [-0.05, 0) is 29.7 Å². The van der Waals surface area contributed by atoms with Crippen LogP contribution in [0.5, 0.6) is 11.5 Å². The van der Waals surface area contributed by atoms with Gasteiger partial charge in [0, 0.05) is 33.4 Å². The lowest BCUT2D eigenvalue weighted by Crippen LogP contribution is -2.52. The maximum atomic E-state index is 5.92. The van der Waals surface area contributed by atoms with Gasteiger partial charge < -0.3 is 18.9 Å². The summed E-state index contributed by atoms with van der Waals surface area (Å²) in [6.45, 7) is 2.19. The Morgan fingerprint density at radius 3 is 2.78 bits per heavy atom. The molecule has 5 nitrogen and oxygen atoms in total. The van der Waals surface area contributed by atoms with Gasteiger partial charge >= 0.3 is 0 Å². The molecule has 23 heavy (non-hydrogen) atoms. The predicted octanol–water partition coefficient (Wildman–Crippen LogP) is 1.84. The van der Waals surface area contributed by atoms with Gasteiger partial charge in [0.15, 0.2) is 11.5 Å². The monoisotopic (exact) mass is 315 g/mol. The Morgan fingerprint density at radius 1 is 1.17 bits per heavy atom. The zero-order chi connectivity index (χ0) is 15.6. The summed E-state index contributed by atoms with van der Waals surface area (Å²) in [5, 5.41) is 0.